The summed E-state index contributed by atoms with van der Waals surface area (Å²) in [7, 11) is 0. The molecule has 0 amide bonds. The van der Waals surface area contributed by atoms with Crippen LogP contribution in [0.1, 0.15) is 26.2 Å². The first-order chi connectivity index (χ1) is 5.83. The Hall–Kier alpha value is -0.410. The van der Waals surface area contributed by atoms with Gasteiger partial charge in [-0.3, -0.25) is 0 Å². The lowest BCUT2D eigenvalue weighted by Gasteiger charge is -2.23. The van der Waals surface area contributed by atoms with Crippen LogP contribution in [0.4, 0.5) is 0 Å². The van der Waals surface area contributed by atoms with Gasteiger partial charge in [0.05, 0.1) is 13.2 Å². The zero-order valence-corrected chi connectivity index (χ0v) is 7.73. The van der Waals surface area contributed by atoms with Crippen molar-refractivity contribution in [1.29, 1.82) is 5.41 Å². The molecule has 2 N–H and O–H groups in total. The van der Waals surface area contributed by atoms with Crippen LogP contribution >= 0.6 is 0 Å². The number of nitrogens with one attached hydrogen (secondary N) is 2. The van der Waals surface area contributed by atoms with Crippen molar-refractivity contribution in [2.45, 2.75) is 32.2 Å². The minimum absolute atomic E-state index is 0.387. The van der Waals surface area contributed by atoms with Crippen molar-refractivity contribution in [3.8, 4) is 0 Å². The van der Waals surface area contributed by atoms with E-state index in [4.69, 9.17) is 10.1 Å². The van der Waals surface area contributed by atoms with Gasteiger partial charge in [-0.2, -0.15) is 0 Å². The zero-order valence-electron chi connectivity index (χ0n) is 7.73. The van der Waals surface area contributed by atoms with Crippen molar-refractivity contribution in [2.75, 3.05) is 19.8 Å². The van der Waals surface area contributed by atoms with Gasteiger partial charge in [0.15, 0.2) is 0 Å². The van der Waals surface area contributed by atoms with Gasteiger partial charge in [0, 0.05) is 24.7 Å². The van der Waals surface area contributed by atoms with Crippen molar-refractivity contribution in [1.82, 2.24) is 5.32 Å². The van der Waals surface area contributed by atoms with Crippen LogP contribution in [0, 0.1) is 5.41 Å². The Balaban J connectivity index is 2.15. The predicted octanol–water partition coefficient (Wildman–Crippen LogP) is 1.18. The average Bonchev–Trinajstić information content (AvgIpc) is 2.06. The SMILES string of the molecule is CCCC(=N)CC1COCCN1. The summed E-state index contributed by atoms with van der Waals surface area (Å²) in [6.07, 6.45) is 2.86. The molecule has 1 heterocycles. The molecule has 0 aromatic heterocycles. The Morgan fingerprint density at radius 1 is 1.67 bits per heavy atom. The smallest absolute Gasteiger partial charge is 0.0623 e. The Labute approximate surface area is 74.0 Å². The third-order valence-electron chi connectivity index (χ3n) is 2.04. The molecule has 0 radical (unpaired) electrons. The first-order valence-corrected chi connectivity index (χ1v) is 4.70. The van der Waals surface area contributed by atoms with E-state index < -0.39 is 0 Å². The minimum atomic E-state index is 0.387. The van der Waals surface area contributed by atoms with Gasteiger partial charge in [-0.1, -0.05) is 13.3 Å². The van der Waals surface area contributed by atoms with Gasteiger partial charge in [-0.05, 0) is 6.42 Å². The highest BCUT2D eigenvalue weighted by molar-refractivity contribution is 5.81. The van der Waals surface area contributed by atoms with Gasteiger partial charge >= 0.3 is 0 Å². The lowest BCUT2D eigenvalue weighted by molar-refractivity contribution is 0.0789. The van der Waals surface area contributed by atoms with Crippen LogP contribution in [0.2, 0.25) is 0 Å². The molecule has 1 rings (SSSR count). The number of hydrogen-bond donors (Lipinski definition) is 2. The van der Waals surface area contributed by atoms with E-state index >= 15 is 0 Å². The largest absolute Gasteiger partial charge is 0.379 e. The number of rotatable bonds is 4. The molecular weight excluding hydrogens is 152 g/mol. The molecular formula is C9H18N2O. The zero-order chi connectivity index (χ0) is 8.81. The lowest BCUT2D eigenvalue weighted by Crippen LogP contribution is -2.42. The summed E-state index contributed by atoms with van der Waals surface area (Å²) in [6, 6.07) is 0.387. The van der Waals surface area contributed by atoms with Crippen molar-refractivity contribution in [3.05, 3.63) is 0 Å². The molecule has 0 saturated carbocycles. The maximum absolute atomic E-state index is 7.63. The van der Waals surface area contributed by atoms with Crippen LogP contribution in [0.25, 0.3) is 0 Å². The Morgan fingerprint density at radius 2 is 2.50 bits per heavy atom. The fraction of sp³-hybridized carbons (Fsp3) is 0.889. The highest BCUT2D eigenvalue weighted by Gasteiger charge is 2.13. The van der Waals surface area contributed by atoms with E-state index in [1.54, 1.807) is 0 Å². The Kier molecular flexibility index (Phi) is 4.25. The standard InChI is InChI=1S/C9H18N2O/c1-2-3-8(10)6-9-7-12-5-4-11-9/h9-11H,2-7H2,1H3. The highest BCUT2D eigenvalue weighted by atomic mass is 16.5. The molecule has 1 unspecified atom stereocenters. The van der Waals surface area contributed by atoms with Gasteiger partial charge < -0.3 is 15.5 Å². The predicted molar refractivity (Wildman–Crippen MR) is 49.9 cm³/mol. The molecule has 0 aromatic rings. The normalized spacial score (nSPS) is 23.9. The van der Waals surface area contributed by atoms with Gasteiger partial charge in [-0.25, -0.2) is 0 Å². The molecule has 12 heavy (non-hydrogen) atoms. The van der Waals surface area contributed by atoms with Crippen LogP contribution in [-0.4, -0.2) is 31.5 Å². The molecule has 0 bridgehead atoms. The van der Waals surface area contributed by atoms with E-state index in [9.17, 15) is 0 Å². The second kappa shape index (κ2) is 5.27. The summed E-state index contributed by atoms with van der Waals surface area (Å²) >= 11 is 0. The molecule has 1 aliphatic heterocycles. The lowest BCUT2D eigenvalue weighted by atomic mass is 10.1. The second-order valence-electron chi connectivity index (χ2n) is 3.28. The summed E-state index contributed by atoms with van der Waals surface area (Å²) in [4.78, 5) is 0. The van der Waals surface area contributed by atoms with Gasteiger partial charge in [-0.15, -0.1) is 0 Å². The fourth-order valence-electron chi connectivity index (χ4n) is 1.45. The summed E-state index contributed by atoms with van der Waals surface area (Å²) in [5.74, 6) is 0. The first-order valence-electron chi connectivity index (χ1n) is 4.70. The second-order valence-corrected chi connectivity index (χ2v) is 3.28. The van der Waals surface area contributed by atoms with Crippen molar-refractivity contribution in [3.63, 3.8) is 0 Å². The van der Waals surface area contributed by atoms with E-state index in [0.717, 1.165) is 44.7 Å². The fourth-order valence-corrected chi connectivity index (χ4v) is 1.45. The summed E-state index contributed by atoms with van der Waals surface area (Å²) in [6.45, 7) is 4.63. The van der Waals surface area contributed by atoms with Gasteiger partial charge in [0.1, 0.15) is 0 Å². The third kappa shape index (κ3) is 3.32. The Morgan fingerprint density at radius 3 is 3.08 bits per heavy atom. The quantitative estimate of drug-likeness (QED) is 0.622. The molecule has 1 fully saturated rings. The van der Waals surface area contributed by atoms with Crippen molar-refractivity contribution in [2.24, 2.45) is 0 Å². The van der Waals surface area contributed by atoms with Crippen LogP contribution in [0.5, 0.6) is 0 Å². The molecule has 3 heteroatoms. The van der Waals surface area contributed by atoms with Gasteiger partial charge in [0.2, 0.25) is 0 Å². The summed E-state index contributed by atoms with van der Waals surface area (Å²) in [5, 5.41) is 11.0. The molecule has 1 saturated heterocycles. The van der Waals surface area contributed by atoms with Crippen LogP contribution < -0.4 is 5.32 Å². The first kappa shape index (κ1) is 9.68. The third-order valence-corrected chi connectivity index (χ3v) is 2.04. The van der Waals surface area contributed by atoms with Crippen LogP contribution in [0.15, 0.2) is 0 Å². The van der Waals surface area contributed by atoms with E-state index in [1.807, 2.05) is 0 Å². The molecule has 3 nitrogen and oxygen atoms in total. The van der Waals surface area contributed by atoms with Crippen LogP contribution in [-0.2, 0) is 4.74 Å². The van der Waals surface area contributed by atoms with E-state index in [1.165, 1.54) is 0 Å². The molecule has 1 atom stereocenters. The van der Waals surface area contributed by atoms with Crippen LogP contribution in [0.3, 0.4) is 0 Å². The van der Waals surface area contributed by atoms with Crippen molar-refractivity contribution >= 4 is 5.71 Å². The van der Waals surface area contributed by atoms with Gasteiger partial charge in [0.25, 0.3) is 0 Å². The Bertz CT molecular complexity index is 141. The van der Waals surface area contributed by atoms with E-state index in [-0.39, 0.29) is 0 Å². The van der Waals surface area contributed by atoms with Crippen molar-refractivity contribution < 1.29 is 4.74 Å². The van der Waals surface area contributed by atoms with E-state index in [0.29, 0.717) is 6.04 Å². The summed E-state index contributed by atoms with van der Waals surface area (Å²) in [5.41, 5.74) is 0.848. The summed E-state index contributed by atoms with van der Waals surface area (Å²) < 4.78 is 5.30. The molecule has 0 aromatic carbocycles. The molecule has 1 aliphatic rings. The maximum atomic E-state index is 7.63. The minimum Gasteiger partial charge on any atom is -0.379 e. The highest BCUT2D eigenvalue weighted by Crippen LogP contribution is 2.02. The van der Waals surface area contributed by atoms with E-state index in [2.05, 4.69) is 12.2 Å². The topological polar surface area (TPSA) is 45.1 Å². The molecule has 0 aliphatic carbocycles. The number of hydrogen-bond acceptors (Lipinski definition) is 3. The monoisotopic (exact) mass is 170 g/mol. The maximum Gasteiger partial charge on any atom is 0.0623 e. The number of morpholine rings is 1. The number of ether oxygens (including phenoxy) is 1. The molecule has 70 valence electrons. The molecule has 0 spiro atoms. The average molecular weight is 170 g/mol.